The number of amides is 1. The molecule has 1 N–H and O–H groups in total. The molecule has 0 aliphatic heterocycles. The summed E-state index contributed by atoms with van der Waals surface area (Å²) in [5.74, 6) is -0.197. The van der Waals surface area contributed by atoms with E-state index in [9.17, 15) is 9.90 Å². The van der Waals surface area contributed by atoms with Crippen molar-refractivity contribution in [3.63, 3.8) is 0 Å². The third-order valence-corrected chi connectivity index (χ3v) is 2.92. The molecule has 1 aromatic rings. The van der Waals surface area contributed by atoms with Gasteiger partial charge < -0.3 is 14.7 Å². The molecule has 1 amide bonds. The van der Waals surface area contributed by atoms with E-state index in [4.69, 9.17) is 4.74 Å². The van der Waals surface area contributed by atoms with Gasteiger partial charge in [-0.1, -0.05) is 15.9 Å². The van der Waals surface area contributed by atoms with Gasteiger partial charge in [0.1, 0.15) is 5.75 Å². The van der Waals surface area contributed by atoms with Crippen molar-refractivity contribution in [3.8, 4) is 5.75 Å². The van der Waals surface area contributed by atoms with Crippen LogP contribution in [0.4, 0.5) is 0 Å². The molecule has 1 rings (SSSR count). The molecule has 0 aromatic heterocycles. The van der Waals surface area contributed by atoms with Gasteiger partial charge in [0, 0.05) is 24.7 Å². The summed E-state index contributed by atoms with van der Waals surface area (Å²) in [4.78, 5) is 13.8. The SMILES string of the molecule is CCN(CCOC)C(=O)c1cc(Br)ccc1O. The normalized spacial score (nSPS) is 10.3. The Balaban J connectivity index is 2.89. The van der Waals surface area contributed by atoms with Crippen LogP contribution >= 0.6 is 15.9 Å². The molecule has 5 heteroatoms. The second kappa shape index (κ2) is 6.61. The minimum absolute atomic E-state index is 0.00549. The van der Waals surface area contributed by atoms with Crippen LogP contribution in [0.5, 0.6) is 5.75 Å². The molecule has 0 radical (unpaired) electrons. The summed E-state index contributed by atoms with van der Waals surface area (Å²) in [7, 11) is 1.59. The number of phenols is 1. The number of aromatic hydroxyl groups is 1. The first kappa shape index (κ1) is 14.0. The molecule has 4 nitrogen and oxygen atoms in total. The number of carbonyl (C=O) groups is 1. The Hall–Kier alpha value is -1.07. The number of carbonyl (C=O) groups excluding carboxylic acids is 1. The molecule has 94 valence electrons. The van der Waals surface area contributed by atoms with E-state index in [-0.39, 0.29) is 11.7 Å². The summed E-state index contributed by atoms with van der Waals surface area (Å²) < 4.78 is 5.71. The highest BCUT2D eigenvalue weighted by atomic mass is 79.9. The molecule has 0 aliphatic carbocycles. The number of rotatable bonds is 5. The van der Waals surface area contributed by atoms with Crippen molar-refractivity contribution in [2.45, 2.75) is 6.92 Å². The summed E-state index contributed by atoms with van der Waals surface area (Å²) >= 11 is 3.28. The second-order valence-electron chi connectivity index (χ2n) is 3.54. The zero-order valence-electron chi connectivity index (χ0n) is 9.94. The van der Waals surface area contributed by atoms with Crippen molar-refractivity contribution in [2.24, 2.45) is 0 Å². The Bertz CT molecular complexity index is 395. The minimum atomic E-state index is -0.191. The molecule has 0 bridgehead atoms. The van der Waals surface area contributed by atoms with E-state index < -0.39 is 0 Å². The van der Waals surface area contributed by atoms with Crippen molar-refractivity contribution < 1.29 is 14.6 Å². The van der Waals surface area contributed by atoms with E-state index in [0.29, 0.717) is 25.3 Å². The number of hydrogen-bond acceptors (Lipinski definition) is 3. The van der Waals surface area contributed by atoms with Gasteiger partial charge in [0.05, 0.1) is 12.2 Å². The van der Waals surface area contributed by atoms with Crippen molar-refractivity contribution in [1.29, 1.82) is 0 Å². The quantitative estimate of drug-likeness (QED) is 0.907. The summed E-state index contributed by atoms with van der Waals surface area (Å²) in [6.07, 6.45) is 0. The number of hydrogen-bond donors (Lipinski definition) is 1. The molecule has 0 saturated carbocycles. The summed E-state index contributed by atoms with van der Waals surface area (Å²) in [6.45, 7) is 3.46. The average Bonchev–Trinajstić information content (AvgIpc) is 2.33. The monoisotopic (exact) mass is 301 g/mol. The highest BCUT2D eigenvalue weighted by molar-refractivity contribution is 9.10. The number of phenolic OH excluding ortho intramolecular Hbond substituents is 1. The van der Waals surface area contributed by atoms with E-state index in [0.717, 1.165) is 4.47 Å². The lowest BCUT2D eigenvalue weighted by molar-refractivity contribution is 0.0703. The van der Waals surface area contributed by atoms with Crippen LogP contribution in [0.2, 0.25) is 0 Å². The average molecular weight is 302 g/mol. The third-order valence-electron chi connectivity index (χ3n) is 2.42. The summed E-state index contributed by atoms with van der Waals surface area (Å²) in [6, 6.07) is 4.81. The lowest BCUT2D eigenvalue weighted by Crippen LogP contribution is -2.33. The van der Waals surface area contributed by atoms with Crippen molar-refractivity contribution >= 4 is 21.8 Å². The maximum absolute atomic E-state index is 12.1. The smallest absolute Gasteiger partial charge is 0.257 e. The Morgan fingerprint density at radius 3 is 2.82 bits per heavy atom. The number of halogens is 1. The van der Waals surface area contributed by atoms with E-state index in [2.05, 4.69) is 15.9 Å². The lowest BCUT2D eigenvalue weighted by Gasteiger charge is -2.21. The van der Waals surface area contributed by atoms with Gasteiger partial charge in [0.2, 0.25) is 0 Å². The van der Waals surface area contributed by atoms with Crippen molar-refractivity contribution in [3.05, 3.63) is 28.2 Å². The van der Waals surface area contributed by atoms with Gasteiger partial charge >= 0.3 is 0 Å². The molecule has 0 saturated heterocycles. The van der Waals surface area contributed by atoms with E-state index in [1.165, 1.54) is 6.07 Å². The van der Waals surface area contributed by atoms with Crippen LogP contribution in [0.3, 0.4) is 0 Å². The van der Waals surface area contributed by atoms with Crippen molar-refractivity contribution in [2.75, 3.05) is 26.8 Å². The summed E-state index contributed by atoms with van der Waals surface area (Å²) in [5, 5.41) is 9.68. The molecule has 0 unspecified atom stereocenters. The molecular formula is C12H16BrNO3. The number of likely N-dealkylation sites (N-methyl/N-ethyl adjacent to an activating group) is 1. The first-order valence-corrected chi connectivity index (χ1v) is 6.16. The van der Waals surface area contributed by atoms with Crippen LogP contribution in [-0.4, -0.2) is 42.7 Å². The third kappa shape index (κ3) is 3.71. The number of methoxy groups -OCH3 is 1. The van der Waals surface area contributed by atoms with Gasteiger partial charge in [-0.3, -0.25) is 4.79 Å². The zero-order chi connectivity index (χ0) is 12.8. The molecule has 0 heterocycles. The fourth-order valence-electron chi connectivity index (χ4n) is 1.45. The number of ether oxygens (including phenoxy) is 1. The fourth-order valence-corrected chi connectivity index (χ4v) is 1.82. The van der Waals surface area contributed by atoms with Gasteiger partial charge in [0.25, 0.3) is 5.91 Å². The predicted molar refractivity (Wildman–Crippen MR) is 69.3 cm³/mol. The minimum Gasteiger partial charge on any atom is -0.507 e. The number of benzene rings is 1. The Kier molecular flexibility index (Phi) is 5.44. The van der Waals surface area contributed by atoms with Crippen LogP contribution in [0, 0.1) is 0 Å². The first-order chi connectivity index (χ1) is 8.10. The van der Waals surface area contributed by atoms with Crippen LogP contribution < -0.4 is 0 Å². The standard InChI is InChI=1S/C12H16BrNO3/c1-3-14(6-7-17-2)12(16)10-8-9(13)4-5-11(10)15/h4-5,8,15H,3,6-7H2,1-2H3. The van der Waals surface area contributed by atoms with E-state index in [1.807, 2.05) is 6.92 Å². The second-order valence-corrected chi connectivity index (χ2v) is 4.45. The largest absolute Gasteiger partial charge is 0.507 e. The van der Waals surface area contributed by atoms with Crippen molar-refractivity contribution in [1.82, 2.24) is 4.90 Å². The van der Waals surface area contributed by atoms with E-state index in [1.54, 1.807) is 24.1 Å². The van der Waals surface area contributed by atoms with E-state index >= 15 is 0 Å². The lowest BCUT2D eigenvalue weighted by atomic mass is 10.1. The van der Waals surface area contributed by atoms with Gasteiger partial charge in [-0.25, -0.2) is 0 Å². The number of nitrogens with zero attached hydrogens (tertiary/aromatic N) is 1. The molecule has 0 atom stereocenters. The zero-order valence-corrected chi connectivity index (χ0v) is 11.5. The first-order valence-electron chi connectivity index (χ1n) is 5.36. The van der Waals surface area contributed by atoms with Crippen LogP contribution in [0.25, 0.3) is 0 Å². The Labute approximate surface area is 109 Å². The maximum atomic E-state index is 12.1. The van der Waals surface area contributed by atoms with Crippen LogP contribution in [0.15, 0.2) is 22.7 Å². The molecule has 0 spiro atoms. The van der Waals surface area contributed by atoms with Gasteiger partial charge in [-0.15, -0.1) is 0 Å². The van der Waals surface area contributed by atoms with Gasteiger partial charge in [-0.2, -0.15) is 0 Å². The summed E-state index contributed by atoms with van der Waals surface area (Å²) in [5.41, 5.74) is 0.303. The molecule has 0 fully saturated rings. The molecular weight excluding hydrogens is 286 g/mol. The Morgan fingerprint density at radius 2 is 2.24 bits per heavy atom. The van der Waals surface area contributed by atoms with Crippen LogP contribution in [0.1, 0.15) is 17.3 Å². The molecule has 17 heavy (non-hydrogen) atoms. The topological polar surface area (TPSA) is 49.8 Å². The predicted octanol–water partition coefficient (Wildman–Crippen LogP) is 2.26. The molecule has 1 aromatic carbocycles. The fraction of sp³-hybridized carbons (Fsp3) is 0.417. The molecule has 0 aliphatic rings. The van der Waals surface area contributed by atoms with Gasteiger partial charge in [-0.05, 0) is 25.1 Å². The van der Waals surface area contributed by atoms with Crippen LogP contribution in [-0.2, 0) is 4.74 Å². The highest BCUT2D eigenvalue weighted by Gasteiger charge is 2.17. The highest BCUT2D eigenvalue weighted by Crippen LogP contribution is 2.23. The maximum Gasteiger partial charge on any atom is 0.257 e. The Morgan fingerprint density at radius 1 is 1.53 bits per heavy atom. The van der Waals surface area contributed by atoms with Gasteiger partial charge in [0.15, 0.2) is 0 Å².